The Balaban J connectivity index is 0.000000222. The van der Waals surface area contributed by atoms with Crippen LogP contribution < -0.4 is 27.0 Å². The molecule has 8 bridgehead atoms. The van der Waals surface area contributed by atoms with Crippen LogP contribution in [0.4, 0.5) is 28.4 Å². The number of benzene rings is 4. The van der Waals surface area contributed by atoms with E-state index in [-0.39, 0.29) is 79.1 Å². The smallest absolute Gasteiger partial charge is 0.373 e. The largest absolute Gasteiger partial charge is 0.481 e. The van der Waals surface area contributed by atoms with Crippen molar-refractivity contribution in [1.82, 2.24) is 14.7 Å². The van der Waals surface area contributed by atoms with Crippen molar-refractivity contribution in [2.45, 2.75) is 85.2 Å². The lowest BCUT2D eigenvalue weighted by atomic mass is 9.79. The van der Waals surface area contributed by atoms with Gasteiger partial charge in [-0.15, -0.1) is 0 Å². The van der Waals surface area contributed by atoms with E-state index in [0.717, 1.165) is 41.2 Å². The molecule has 101 heavy (non-hydrogen) atoms. The van der Waals surface area contributed by atoms with Crippen molar-refractivity contribution in [3.63, 3.8) is 0 Å². The Bertz CT molecular complexity index is 3590. The zero-order valence-corrected chi connectivity index (χ0v) is 56.5. The van der Waals surface area contributed by atoms with Crippen molar-refractivity contribution in [3.05, 3.63) is 114 Å². The number of ether oxygens (including phenoxy) is 3. The van der Waals surface area contributed by atoms with Crippen molar-refractivity contribution in [2.24, 2.45) is 71.0 Å². The molecule has 4 aliphatic heterocycles. The summed E-state index contributed by atoms with van der Waals surface area (Å²) in [6.45, 7) is 9.75. The minimum Gasteiger partial charge on any atom is -0.481 e. The van der Waals surface area contributed by atoms with E-state index in [2.05, 4.69) is 24.8 Å². The van der Waals surface area contributed by atoms with Gasteiger partial charge in [0.25, 0.3) is 0 Å². The lowest BCUT2D eigenvalue weighted by Gasteiger charge is -2.42. The normalized spacial score (nSPS) is 25.3. The van der Waals surface area contributed by atoms with E-state index in [1.54, 1.807) is 62.6 Å². The summed E-state index contributed by atoms with van der Waals surface area (Å²) in [5.41, 5.74) is 17.9. The molecule has 8 fully saturated rings. The number of cyclic esters (lactones) is 4. The van der Waals surface area contributed by atoms with Crippen LogP contribution in [0.3, 0.4) is 0 Å². The third-order valence-electron chi connectivity index (χ3n) is 18.5. The number of hydrogen-bond acceptors (Lipinski definition) is 23. The number of aliphatic carboxylic acids is 2. The van der Waals surface area contributed by atoms with E-state index in [1.807, 2.05) is 86.1 Å². The molecule has 31 nitrogen and oxygen atoms in total. The molecule has 4 aliphatic carbocycles. The van der Waals surface area contributed by atoms with Gasteiger partial charge in [-0.05, 0) is 132 Å². The topological polar surface area (TPSA) is 464 Å². The third kappa shape index (κ3) is 21.2. The summed E-state index contributed by atoms with van der Waals surface area (Å²) in [5.74, 6) is -10.8. The van der Waals surface area contributed by atoms with Gasteiger partial charge in [-0.25, -0.2) is 0 Å². The number of carboxylic acids is 2. The quantitative estimate of drug-likeness (QED) is 0.0411. The van der Waals surface area contributed by atoms with Gasteiger partial charge in [0.05, 0.1) is 59.2 Å². The van der Waals surface area contributed by atoms with Gasteiger partial charge in [0.1, 0.15) is 0 Å². The highest BCUT2D eigenvalue weighted by atomic mass is 16.6. The maximum Gasteiger partial charge on any atom is 0.373 e. The molecule has 8 aliphatic rings. The van der Waals surface area contributed by atoms with Crippen LogP contribution >= 0.6 is 0 Å². The number of carbonyl (C=O) groups is 14. The molecule has 4 aromatic carbocycles. The van der Waals surface area contributed by atoms with Gasteiger partial charge in [-0.2, -0.15) is 19.2 Å². The average Bonchev–Trinajstić information content (AvgIpc) is 1.60. The van der Waals surface area contributed by atoms with Crippen molar-refractivity contribution in [2.75, 3.05) is 61.2 Å². The minimum absolute atomic E-state index is 0.0667. The standard InChI is InChI=1S/C17H20N2O2.2C16H20N2O4.C9H6O6.C6H8N2.C4H6O3.2CO2/c1-10-3-5-13(6-4-10)19-9-12-7-11-8-18(2)16(20)14(12)15(11)17(19)21;2*1-10-3-5-12(6-4-10)17-15(20)13-7-11(16(21)22)8-14(13)18(2)9-19;10-6-2-1-3-5(9(13)14-6)4(2)8(12)15-7(3)11;7-5-1-2-6(8)4-3-5;1-3(5)7-4(2)6;2*2-1-3/h3-6,11-12,14-15H,7-9H2,1-2H3;2*3-6,9,11,13-14H,7-8H2,1-2H3,(H,17,20)(H,21,22);2-5H,1H2;1-4H,7-8H2;1-2H3;;. The molecule has 14 unspecified atom stereocenters. The van der Waals surface area contributed by atoms with Gasteiger partial charge in [-0.1, -0.05) is 53.1 Å². The summed E-state index contributed by atoms with van der Waals surface area (Å²) in [6.07, 6.45) is 4.07. The van der Waals surface area contributed by atoms with Crippen molar-refractivity contribution >= 4 is 125 Å². The number of rotatable bonds is 11. The summed E-state index contributed by atoms with van der Waals surface area (Å²) >= 11 is 0. The summed E-state index contributed by atoms with van der Waals surface area (Å²) in [4.78, 5) is 198. The van der Waals surface area contributed by atoms with E-state index in [1.165, 1.54) is 29.2 Å². The molecule has 4 heterocycles. The number of carboxylic acid groups (broad SMARTS) is 2. The second-order valence-electron chi connectivity index (χ2n) is 25.3. The summed E-state index contributed by atoms with van der Waals surface area (Å²) < 4.78 is 12.9. The van der Waals surface area contributed by atoms with Gasteiger partial charge in [0, 0.05) is 88.6 Å². The van der Waals surface area contributed by atoms with Crippen LogP contribution in [0.25, 0.3) is 0 Å². The Morgan fingerprint density at radius 3 is 1.20 bits per heavy atom. The first kappa shape index (κ1) is 80.1. The molecular weight excluding hydrogens is 1320 g/mol. The SMILES string of the molecule is CC(=O)OC(C)=O.Cc1ccc(N2CC3CC4CN(C)C(=O)C3C4C2=O)cc1.Cc1ccc(NC(=O)C2CC(C(=O)O)CC2N(C)C=O)cc1.Cc1ccc(NC(=O)C2CC(C(=O)O)CC2N(C)C=O)cc1.Nc1ccc(N)cc1.O=C1OC(=O)C2C3CC1C2C(=O)OC3=O.O=C=O.O=C=O. The molecule has 0 spiro atoms. The zero-order valence-electron chi connectivity index (χ0n) is 56.5. The van der Waals surface area contributed by atoms with Crippen LogP contribution in [0, 0.1) is 91.8 Å². The number of nitrogens with one attached hydrogen (secondary N) is 2. The number of carbonyl (C=O) groups excluding carboxylic acids is 16. The average molecular weight is 1400 g/mol. The number of nitrogens with zero attached hydrogens (tertiary/aromatic N) is 4. The van der Waals surface area contributed by atoms with Gasteiger partial charge < -0.3 is 66.1 Å². The molecule has 538 valence electrons. The number of amides is 6. The van der Waals surface area contributed by atoms with Gasteiger partial charge in [-0.3, -0.25) is 67.1 Å². The zero-order chi connectivity index (χ0) is 75.3. The molecule has 12 rings (SSSR count). The lowest BCUT2D eigenvalue weighted by Crippen LogP contribution is -2.56. The Morgan fingerprint density at radius 2 is 0.861 bits per heavy atom. The van der Waals surface area contributed by atoms with Crippen molar-refractivity contribution < 1.29 is 111 Å². The summed E-state index contributed by atoms with van der Waals surface area (Å²) in [6, 6.07) is 29.2. The van der Waals surface area contributed by atoms with Crippen LogP contribution in [0.1, 0.15) is 69.1 Å². The molecular formula is C70H80N8O23. The Kier molecular flexibility index (Phi) is 29.2. The van der Waals surface area contributed by atoms with Gasteiger partial charge in [0.2, 0.25) is 36.4 Å². The van der Waals surface area contributed by atoms with Crippen LogP contribution in [-0.4, -0.2) is 168 Å². The lowest BCUT2D eigenvalue weighted by molar-refractivity contribution is -0.193. The van der Waals surface area contributed by atoms with Crippen LogP contribution in [0.2, 0.25) is 0 Å². The Hall–Kier alpha value is -11.6. The van der Waals surface area contributed by atoms with Crippen molar-refractivity contribution in [3.8, 4) is 0 Å². The Labute approximate surface area is 579 Å². The molecule has 31 heteroatoms. The monoisotopic (exact) mass is 1400 g/mol. The number of nitrogen functional groups attached to an aromatic ring is 2. The number of esters is 6. The van der Waals surface area contributed by atoms with Crippen LogP contribution in [-0.2, 0) is 101 Å². The molecule has 4 aromatic rings. The fourth-order valence-corrected chi connectivity index (χ4v) is 13.7. The minimum atomic E-state index is -0.921. The van der Waals surface area contributed by atoms with Crippen LogP contribution in [0.5, 0.6) is 0 Å². The molecule has 14 atom stereocenters. The second-order valence-corrected chi connectivity index (χ2v) is 25.3. The molecule has 0 radical (unpaired) electrons. The molecule has 4 saturated carbocycles. The highest BCUT2D eigenvalue weighted by Gasteiger charge is 2.65. The number of nitrogens with two attached hydrogens (primary N) is 2. The van der Waals surface area contributed by atoms with E-state index >= 15 is 0 Å². The van der Waals surface area contributed by atoms with E-state index in [4.69, 9.17) is 40.9 Å². The third-order valence-corrected chi connectivity index (χ3v) is 18.5. The number of likely N-dealkylation sites (tertiary alicyclic amines) is 1. The number of anilines is 5. The first-order valence-electron chi connectivity index (χ1n) is 31.7. The fraction of sp³-hybridized carbons (Fsp3) is 0.429. The summed E-state index contributed by atoms with van der Waals surface area (Å²) in [7, 11) is 5.02. The van der Waals surface area contributed by atoms with Crippen molar-refractivity contribution in [1.29, 1.82) is 0 Å². The predicted octanol–water partition coefficient (Wildman–Crippen LogP) is 3.49. The van der Waals surface area contributed by atoms with E-state index < -0.39 is 95.1 Å². The molecule has 4 saturated heterocycles. The van der Waals surface area contributed by atoms with Gasteiger partial charge >= 0.3 is 60.1 Å². The molecule has 6 amide bonds. The first-order valence-corrected chi connectivity index (χ1v) is 31.7. The maximum absolute atomic E-state index is 12.9. The number of aryl methyl sites for hydroxylation is 3. The summed E-state index contributed by atoms with van der Waals surface area (Å²) in [5, 5.41) is 23.9. The fourth-order valence-electron chi connectivity index (χ4n) is 13.7. The van der Waals surface area contributed by atoms with E-state index in [0.29, 0.717) is 55.4 Å². The number of piperidine rings is 2. The maximum atomic E-state index is 12.9. The molecule has 8 N–H and O–H groups in total. The number of hydrogen-bond donors (Lipinski definition) is 6. The molecule has 0 aromatic heterocycles. The van der Waals surface area contributed by atoms with E-state index in [9.17, 15) is 67.1 Å². The highest BCUT2D eigenvalue weighted by molar-refractivity contribution is 6.06. The highest BCUT2D eigenvalue weighted by Crippen LogP contribution is 2.52. The first-order chi connectivity index (χ1) is 47.7. The Morgan fingerprint density at radius 1 is 0.515 bits per heavy atom. The van der Waals surface area contributed by atoms with Crippen LogP contribution in [0.15, 0.2) is 97.1 Å². The second kappa shape index (κ2) is 36.8. The predicted molar refractivity (Wildman–Crippen MR) is 351 cm³/mol. The van der Waals surface area contributed by atoms with Gasteiger partial charge in [0.15, 0.2) is 0 Å².